The number of nitrogens with zero attached hydrogens (tertiary/aromatic N) is 3. The van der Waals surface area contributed by atoms with E-state index in [1.54, 1.807) is 38.5 Å². The summed E-state index contributed by atoms with van der Waals surface area (Å²) in [6.45, 7) is 17.7. The van der Waals surface area contributed by atoms with Gasteiger partial charge in [-0.05, 0) is 174 Å². The summed E-state index contributed by atoms with van der Waals surface area (Å²) in [6.07, 6.45) is 20.5. The fourth-order valence-corrected chi connectivity index (χ4v) is 12.7. The maximum Gasteiger partial charge on any atom is 0.163 e. The van der Waals surface area contributed by atoms with E-state index in [2.05, 4.69) is 71.0 Å². The summed E-state index contributed by atoms with van der Waals surface area (Å²) in [7, 11) is 0. The van der Waals surface area contributed by atoms with Crippen molar-refractivity contribution in [2.24, 2.45) is 23.2 Å². The van der Waals surface area contributed by atoms with Crippen LogP contribution in [0.1, 0.15) is 139 Å². The fourth-order valence-electron chi connectivity index (χ4n) is 12.7. The van der Waals surface area contributed by atoms with Gasteiger partial charge in [-0.2, -0.15) is 0 Å². The Morgan fingerprint density at radius 1 is 0.842 bits per heavy atom. The standard InChI is InChI=1S/C51H71N3O3/c1-5-54(45-15-23-57-24-16-45)48-31-44(30-47(38(48)4)49(55)14-13-46-37(3)25-36(2)26-50(46)56)43-11-9-39(10-12-43)35-53-21-19-52(20-22-53)18-8-6-7-17-51-32-40-27-41(33-51)29-42(28-40)34-51/h9-12,25,30-31,40-42,45H,5-8,13-24,26-29,32-35H2,1-4H3. The minimum atomic E-state index is 0.117. The third kappa shape index (κ3) is 9.55. The molecular weight excluding hydrogens is 703 g/mol. The van der Waals surface area contributed by atoms with Crippen molar-refractivity contribution in [1.82, 2.24) is 9.80 Å². The number of anilines is 1. The Labute approximate surface area is 344 Å². The second kappa shape index (κ2) is 18.1. The SMILES string of the molecule is CCN(c1cc(-c2ccc(CN3CCN(CCCCCC45CC6CC(CC(C6)C4)C5)CC3)cc2)cc(C(=O)CCC2=C(C)C=C(C)CC2=O)c1C)C1CCOCC1. The second-order valence-electron chi connectivity index (χ2n) is 19.5. The number of carbonyl (C=O) groups is 2. The largest absolute Gasteiger partial charge is 0.381 e. The van der Waals surface area contributed by atoms with E-state index in [-0.39, 0.29) is 11.6 Å². The Morgan fingerprint density at radius 2 is 1.51 bits per heavy atom. The highest BCUT2D eigenvalue weighted by molar-refractivity contribution is 6.03. The number of Topliss-reactive ketones (excluding diaryl/α,β-unsaturated/α-hetero) is 2. The van der Waals surface area contributed by atoms with Gasteiger partial charge >= 0.3 is 0 Å². The molecule has 6 heteroatoms. The first-order chi connectivity index (χ1) is 27.6. The van der Waals surface area contributed by atoms with Crippen molar-refractivity contribution in [3.8, 4) is 11.1 Å². The number of hydrogen-bond donors (Lipinski definition) is 0. The highest BCUT2D eigenvalue weighted by atomic mass is 16.5. The van der Waals surface area contributed by atoms with E-state index in [1.807, 2.05) is 13.8 Å². The maximum absolute atomic E-state index is 14.1. The fraction of sp³-hybridized carbons (Fsp3) is 0.647. The number of rotatable bonds is 16. The van der Waals surface area contributed by atoms with Gasteiger partial charge in [0.05, 0.1) is 0 Å². The van der Waals surface area contributed by atoms with Crippen molar-refractivity contribution in [2.45, 2.75) is 137 Å². The van der Waals surface area contributed by atoms with Gasteiger partial charge in [0.25, 0.3) is 0 Å². The number of hydrogen-bond acceptors (Lipinski definition) is 6. The quantitative estimate of drug-likeness (QED) is 0.125. The zero-order valence-corrected chi connectivity index (χ0v) is 35.9. The third-order valence-corrected chi connectivity index (χ3v) is 15.3. The summed E-state index contributed by atoms with van der Waals surface area (Å²) in [5.41, 5.74) is 10.2. The molecule has 0 unspecified atom stereocenters. The van der Waals surface area contributed by atoms with Crippen LogP contribution in [0, 0.1) is 30.1 Å². The van der Waals surface area contributed by atoms with Crippen LogP contribution in [0.25, 0.3) is 11.1 Å². The minimum absolute atomic E-state index is 0.117. The van der Waals surface area contributed by atoms with E-state index in [1.165, 1.54) is 50.9 Å². The molecule has 0 aromatic heterocycles. The van der Waals surface area contributed by atoms with Crippen LogP contribution < -0.4 is 4.90 Å². The maximum atomic E-state index is 14.1. The molecule has 2 aliphatic heterocycles. The van der Waals surface area contributed by atoms with Crippen LogP contribution in [0.15, 0.2) is 59.2 Å². The lowest BCUT2D eigenvalue weighted by atomic mass is 9.48. The van der Waals surface area contributed by atoms with Gasteiger partial charge in [-0.25, -0.2) is 0 Å². The first-order valence-corrected chi connectivity index (χ1v) is 23.1. The normalized spacial score (nSPS) is 27.0. The van der Waals surface area contributed by atoms with Crippen molar-refractivity contribution >= 4 is 17.3 Å². The number of ether oxygens (including phenoxy) is 1. The van der Waals surface area contributed by atoms with Crippen LogP contribution in [-0.4, -0.2) is 79.9 Å². The molecule has 6 fully saturated rings. The van der Waals surface area contributed by atoms with Crippen molar-refractivity contribution in [1.29, 1.82) is 0 Å². The van der Waals surface area contributed by atoms with Gasteiger partial charge in [0, 0.05) is 82.6 Å². The first kappa shape index (κ1) is 40.7. The molecule has 2 saturated heterocycles. The molecule has 0 atom stereocenters. The van der Waals surface area contributed by atoms with Gasteiger partial charge in [0.2, 0.25) is 0 Å². The van der Waals surface area contributed by atoms with E-state index in [0.29, 0.717) is 25.3 Å². The van der Waals surface area contributed by atoms with E-state index in [0.717, 1.165) is 120 Å². The van der Waals surface area contributed by atoms with Crippen LogP contribution in [-0.2, 0) is 16.1 Å². The molecule has 0 spiro atoms. The summed E-state index contributed by atoms with van der Waals surface area (Å²) < 4.78 is 5.73. The molecule has 9 rings (SSSR count). The third-order valence-electron chi connectivity index (χ3n) is 15.3. The predicted octanol–water partition coefficient (Wildman–Crippen LogP) is 10.8. The highest BCUT2D eigenvalue weighted by Gasteiger charge is 2.50. The van der Waals surface area contributed by atoms with Gasteiger partial charge in [0.15, 0.2) is 11.6 Å². The smallest absolute Gasteiger partial charge is 0.163 e. The topological polar surface area (TPSA) is 53.1 Å². The number of carbonyl (C=O) groups excluding carboxylic acids is 2. The summed E-state index contributed by atoms with van der Waals surface area (Å²) in [5.74, 6) is 3.53. The number of benzene rings is 2. The highest BCUT2D eigenvalue weighted by Crippen LogP contribution is 2.61. The Kier molecular flexibility index (Phi) is 12.9. The van der Waals surface area contributed by atoms with E-state index in [9.17, 15) is 9.59 Å². The van der Waals surface area contributed by atoms with Gasteiger partial charge in [0.1, 0.15) is 0 Å². The van der Waals surface area contributed by atoms with Crippen molar-refractivity contribution < 1.29 is 14.3 Å². The molecule has 6 nitrogen and oxygen atoms in total. The number of ketones is 2. The zero-order valence-electron chi connectivity index (χ0n) is 35.9. The van der Waals surface area contributed by atoms with Crippen LogP contribution in [0.3, 0.4) is 0 Å². The average molecular weight is 774 g/mol. The summed E-state index contributed by atoms with van der Waals surface area (Å²) in [6, 6.07) is 13.9. The Balaban J connectivity index is 0.871. The van der Waals surface area contributed by atoms with Crippen molar-refractivity contribution in [3.05, 3.63) is 75.9 Å². The second-order valence-corrected chi connectivity index (χ2v) is 19.5. The van der Waals surface area contributed by atoms with E-state index < -0.39 is 0 Å². The molecule has 57 heavy (non-hydrogen) atoms. The van der Waals surface area contributed by atoms with Crippen LogP contribution in [0.5, 0.6) is 0 Å². The predicted molar refractivity (Wildman–Crippen MR) is 234 cm³/mol. The first-order valence-electron chi connectivity index (χ1n) is 23.1. The minimum Gasteiger partial charge on any atom is -0.381 e. The molecule has 2 aromatic rings. The summed E-state index contributed by atoms with van der Waals surface area (Å²) in [4.78, 5) is 34.8. The van der Waals surface area contributed by atoms with Gasteiger partial charge in [-0.15, -0.1) is 0 Å². The van der Waals surface area contributed by atoms with Crippen LogP contribution in [0.4, 0.5) is 5.69 Å². The molecule has 5 aliphatic carbocycles. The molecule has 4 saturated carbocycles. The number of piperazine rings is 1. The zero-order chi connectivity index (χ0) is 39.5. The molecule has 0 amide bonds. The van der Waals surface area contributed by atoms with Crippen LogP contribution >= 0.6 is 0 Å². The molecule has 2 heterocycles. The lowest BCUT2D eigenvalue weighted by Crippen LogP contribution is -2.46. The molecule has 7 aliphatic rings. The molecule has 0 N–H and O–H groups in total. The monoisotopic (exact) mass is 774 g/mol. The lowest BCUT2D eigenvalue weighted by Gasteiger charge is -2.57. The Bertz CT molecular complexity index is 1770. The van der Waals surface area contributed by atoms with Gasteiger partial charge < -0.3 is 14.5 Å². The molecule has 0 radical (unpaired) electrons. The number of unbranched alkanes of at least 4 members (excludes halogenated alkanes) is 2. The van der Waals surface area contributed by atoms with Crippen LogP contribution in [0.2, 0.25) is 0 Å². The van der Waals surface area contributed by atoms with E-state index >= 15 is 0 Å². The van der Waals surface area contributed by atoms with Crippen molar-refractivity contribution in [3.63, 3.8) is 0 Å². The number of allylic oxidation sites excluding steroid dienone is 4. The van der Waals surface area contributed by atoms with Gasteiger partial charge in [-0.1, -0.05) is 48.8 Å². The molecule has 4 bridgehead atoms. The summed E-state index contributed by atoms with van der Waals surface area (Å²) >= 11 is 0. The average Bonchev–Trinajstić information content (AvgIpc) is 3.19. The van der Waals surface area contributed by atoms with Crippen molar-refractivity contribution in [2.75, 3.05) is 57.4 Å². The Hall–Kier alpha value is -3.06. The molecule has 2 aromatic carbocycles. The molecule has 308 valence electrons. The van der Waals surface area contributed by atoms with Gasteiger partial charge in [-0.3, -0.25) is 14.5 Å². The lowest BCUT2D eigenvalue weighted by molar-refractivity contribution is -0.115. The molecular formula is C51H71N3O3. The summed E-state index contributed by atoms with van der Waals surface area (Å²) in [5, 5.41) is 0. The Morgan fingerprint density at radius 3 is 2.16 bits per heavy atom. The van der Waals surface area contributed by atoms with E-state index in [4.69, 9.17) is 4.74 Å².